The number of halogens is 1. The highest BCUT2D eigenvalue weighted by molar-refractivity contribution is 6.30. The lowest BCUT2D eigenvalue weighted by atomic mass is 10.1. The topological polar surface area (TPSA) is 49.8 Å². The summed E-state index contributed by atoms with van der Waals surface area (Å²) in [6.45, 7) is 3.53. The number of nitrogens with zero attached hydrogens (tertiary/aromatic N) is 1. The zero-order valence-corrected chi connectivity index (χ0v) is 9.74. The van der Waals surface area contributed by atoms with Gasteiger partial charge in [0.1, 0.15) is 5.38 Å². The van der Waals surface area contributed by atoms with Crippen LogP contribution in [0, 0.1) is 0 Å². The number of aliphatic hydroxyl groups is 1. The summed E-state index contributed by atoms with van der Waals surface area (Å²) in [6.07, 6.45) is 1.83. The largest absolute Gasteiger partial charge is 0.394 e. The Kier molecular flexibility index (Phi) is 5.36. The summed E-state index contributed by atoms with van der Waals surface area (Å²) < 4.78 is 5.40. The summed E-state index contributed by atoms with van der Waals surface area (Å²) in [5.41, 5.74) is 0. The van der Waals surface area contributed by atoms with Crippen molar-refractivity contribution in [3.05, 3.63) is 0 Å². The molecule has 1 fully saturated rings. The van der Waals surface area contributed by atoms with Crippen LogP contribution in [0.2, 0.25) is 0 Å². The standard InChI is InChI=1S/C10H18ClNO3/c1-8(11)10(14)12-4-2-9(3-5-12)15-7-6-13/h8-9,13H,2-7H2,1H3. The first-order valence-electron chi connectivity index (χ1n) is 5.30. The number of rotatable bonds is 4. The van der Waals surface area contributed by atoms with Gasteiger partial charge in [-0.25, -0.2) is 0 Å². The lowest BCUT2D eigenvalue weighted by molar-refractivity contribution is -0.133. The van der Waals surface area contributed by atoms with E-state index in [-0.39, 0.29) is 18.6 Å². The monoisotopic (exact) mass is 235 g/mol. The van der Waals surface area contributed by atoms with Gasteiger partial charge in [-0.05, 0) is 19.8 Å². The molecule has 1 saturated heterocycles. The maximum Gasteiger partial charge on any atom is 0.240 e. The Hall–Kier alpha value is -0.320. The molecule has 1 heterocycles. The van der Waals surface area contributed by atoms with E-state index in [2.05, 4.69) is 0 Å². The van der Waals surface area contributed by atoms with Crippen molar-refractivity contribution >= 4 is 17.5 Å². The zero-order valence-electron chi connectivity index (χ0n) is 8.99. The van der Waals surface area contributed by atoms with Crippen LogP contribution in [0.5, 0.6) is 0 Å². The molecule has 0 aromatic rings. The molecule has 88 valence electrons. The molecule has 1 amide bonds. The van der Waals surface area contributed by atoms with Gasteiger partial charge in [-0.2, -0.15) is 0 Å². The minimum absolute atomic E-state index is 0.00252. The van der Waals surface area contributed by atoms with E-state index in [4.69, 9.17) is 21.4 Å². The average molecular weight is 236 g/mol. The van der Waals surface area contributed by atoms with Crippen LogP contribution in [0.25, 0.3) is 0 Å². The molecular weight excluding hydrogens is 218 g/mol. The maximum absolute atomic E-state index is 11.5. The Morgan fingerprint density at radius 3 is 2.67 bits per heavy atom. The fraction of sp³-hybridized carbons (Fsp3) is 0.900. The van der Waals surface area contributed by atoms with E-state index in [1.807, 2.05) is 0 Å². The van der Waals surface area contributed by atoms with Crippen molar-refractivity contribution < 1.29 is 14.6 Å². The lowest BCUT2D eigenvalue weighted by Crippen LogP contribution is -2.43. The Balaban J connectivity index is 2.26. The third-order valence-electron chi connectivity index (χ3n) is 2.54. The fourth-order valence-electron chi connectivity index (χ4n) is 1.71. The first-order valence-corrected chi connectivity index (χ1v) is 5.74. The predicted molar refractivity (Wildman–Crippen MR) is 58.0 cm³/mol. The van der Waals surface area contributed by atoms with E-state index in [0.29, 0.717) is 19.7 Å². The van der Waals surface area contributed by atoms with Gasteiger partial charge in [0.25, 0.3) is 0 Å². The van der Waals surface area contributed by atoms with Gasteiger partial charge in [0, 0.05) is 13.1 Å². The number of hydrogen-bond acceptors (Lipinski definition) is 3. The Morgan fingerprint density at radius 1 is 1.60 bits per heavy atom. The van der Waals surface area contributed by atoms with E-state index in [0.717, 1.165) is 12.8 Å². The second-order valence-corrected chi connectivity index (χ2v) is 4.39. The van der Waals surface area contributed by atoms with Gasteiger partial charge in [0.05, 0.1) is 19.3 Å². The molecule has 0 bridgehead atoms. The molecular formula is C10H18ClNO3. The average Bonchev–Trinajstić information content (AvgIpc) is 2.26. The van der Waals surface area contributed by atoms with Crippen molar-refractivity contribution in [2.45, 2.75) is 31.2 Å². The van der Waals surface area contributed by atoms with E-state index < -0.39 is 5.38 Å². The van der Waals surface area contributed by atoms with Crippen molar-refractivity contribution in [2.24, 2.45) is 0 Å². The third-order valence-corrected chi connectivity index (χ3v) is 2.73. The molecule has 0 aromatic heterocycles. The van der Waals surface area contributed by atoms with Gasteiger partial charge in [-0.15, -0.1) is 11.6 Å². The SMILES string of the molecule is CC(Cl)C(=O)N1CCC(OCCO)CC1. The third kappa shape index (κ3) is 3.97. The highest BCUT2D eigenvalue weighted by atomic mass is 35.5. The van der Waals surface area contributed by atoms with Crippen molar-refractivity contribution in [3.63, 3.8) is 0 Å². The molecule has 0 saturated carbocycles. The molecule has 1 N–H and O–H groups in total. The van der Waals surface area contributed by atoms with Gasteiger partial charge in [-0.3, -0.25) is 4.79 Å². The summed E-state index contributed by atoms with van der Waals surface area (Å²) in [7, 11) is 0. The molecule has 1 unspecified atom stereocenters. The second kappa shape index (κ2) is 6.30. The molecule has 1 rings (SSSR count). The molecule has 1 aliphatic heterocycles. The Bertz CT molecular complexity index is 203. The summed E-state index contributed by atoms with van der Waals surface area (Å²) in [6, 6.07) is 0. The van der Waals surface area contributed by atoms with Crippen LogP contribution in [0.4, 0.5) is 0 Å². The van der Waals surface area contributed by atoms with E-state index in [9.17, 15) is 4.79 Å². The highest BCUT2D eigenvalue weighted by Crippen LogP contribution is 2.15. The molecule has 15 heavy (non-hydrogen) atoms. The number of hydrogen-bond donors (Lipinski definition) is 1. The summed E-state index contributed by atoms with van der Waals surface area (Å²) in [5, 5.41) is 8.16. The summed E-state index contributed by atoms with van der Waals surface area (Å²) in [5.74, 6) is -0.00252. The second-order valence-electron chi connectivity index (χ2n) is 3.74. The van der Waals surface area contributed by atoms with Crippen molar-refractivity contribution in [2.75, 3.05) is 26.3 Å². The van der Waals surface area contributed by atoms with Gasteiger partial charge < -0.3 is 14.7 Å². The van der Waals surface area contributed by atoms with Crippen molar-refractivity contribution in [3.8, 4) is 0 Å². The predicted octanol–water partition coefficient (Wildman–Crippen LogP) is 0.614. The Labute approximate surface area is 95.2 Å². The molecule has 5 heteroatoms. The molecule has 0 aliphatic carbocycles. The fourth-order valence-corrected chi connectivity index (χ4v) is 1.85. The van der Waals surface area contributed by atoms with Crippen LogP contribution in [0.1, 0.15) is 19.8 Å². The number of ether oxygens (including phenoxy) is 1. The van der Waals surface area contributed by atoms with Crippen LogP contribution >= 0.6 is 11.6 Å². The van der Waals surface area contributed by atoms with Crippen molar-refractivity contribution in [1.29, 1.82) is 0 Å². The van der Waals surface area contributed by atoms with Gasteiger partial charge in [0.2, 0.25) is 5.91 Å². The Morgan fingerprint density at radius 2 is 2.20 bits per heavy atom. The number of likely N-dealkylation sites (tertiary alicyclic amines) is 1. The van der Waals surface area contributed by atoms with E-state index in [1.54, 1.807) is 11.8 Å². The molecule has 0 spiro atoms. The number of carbonyl (C=O) groups excluding carboxylic acids is 1. The smallest absolute Gasteiger partial charge is 0.240 e. The molecule has 1 aliphatic rings. The number of amides is 1. The van der Waals surface area contributed by atoms with Crippen LogP contribution < -0.4 is 0 Å². The number of alkyl halides is 1. The molecule has 1 atom stereocenters. The minimum Gasteiger partial charge on any atom is -0.394 e. The normalized spacial score (nSPS) is 20.3. The van der Waals surface area contributed by atoms with Crippen molar-refractivity contribution in [1.82, 2.24) is 4.90 Å². The highest BCUT2D eigenvalue weighted by Gasteiger charge is 2.25. The van der Waals surface area contributed by atoms with E-state index >= 15 is 0 Å². The van der Waals surface area contributed by atoms with Crippen LogP contribution in [-0.4, -0.2) is 53.7 Å². The first kappa shape index (κ1) is 12.7. The minimum atomic E-state index is -0.445. The molecule has 0 radical (unpaired) electrons. The van der Waals surface area contributed by atoms with Gasteiger partial charge in [-0.1, -0.05) is 0 Å². The van der Waals surface area contributed by atoms with Crippen LogP contribution in [0.15, 0.2) is 0 Å². The van der Waals surface area contributed by atoms with Gasteiger partial charge in [0.15, 0.2) is 0 Å². The lowest BCUT2D eigenvalue weighted by Gasteiger charge is -2.32. The molecule has 0 aromatic carbocycles. The number of aliphatic hydroxyl groups excluding tert-OH is 1. The summed E-state index contributed by atoms with van der Waals surface area (Å²) >= 11 is 5.73. The summed E-state index contributed by atoms with van der Waals surface area (Å²) in [4.78, 5) is 13.3. The van der Waals surface area contributed by atoms with E-state index in [1.165, 1.54) is 0 Å². The molecule has 4 nitrogen and oxygen atoms in total. The number of carbonyl (C=O) groups is 1. The first-order chi connectivity index (χ1) is 7.15. The number of piperidine rings is 1. The zero-order chi connectivity index (χ0) is 11.3. The van der Waals surface area contributed by atoms with Crippen LogP contribution in [0.3, 0.4) is 0 Å². The van der Waals surface area contributed by atoms with Crippen LogP contribution in [-0.2, 0) is 9.53 Å². The van der Waals surface area contributed by atoms with Gasteiger partial charge >= 0.3 is 0 Å². The quantitative estimate of drug-likeness (QED) is 0.727. The maximum atomic E-state index is 11.5.